The third-order valence-electron chi connectivity index (χ3n) is 4.00. The highest BCUT2D eigenvalue weighted by Crippen LogP contribution is 2.25. The molecule has 3 aromatic rings. The molecule has 3 rings (SSSR count). The molecule has 0 saturated carbocycles. The molecule has 1 aromatic heterocycles. The largest absolute Gasteiger partial charge is 0.481 e. The van der Waals surface area contributed by atoms with Gasteiger partial charge in [-0.15, -0.1) is 0 Å². The van der Waals surface area contributed by atoms with Gasteiger partial charge in [0, 0.05) is 12.6 Å². The number of likely N-dealkylation sites (N-methyl/N-ethyl adjacent to an activating group) is 1. The number of halogens is 1. The number of hydrogen-bond acceptors (Lipinski definition) is 5. The minimum Gasteiger partial charge on any atom is -0.481 e. The predicted octanol–water partition coefficient (Wildman–Crippen LogP) is 4.21. The number of nitrogens with zero attached hydrogens (tertiary/aromatic N) is 3. The molecule has 6 nitrogen and oxygen atoms in total. The van der Waals surface area contributed by atoms with Crippen LogP contribution in [-0.4, -0.2) is 34.1 Å². The van der Waals surface area contributed by atoms with Crippen LogP contribution in [0.1, 0.15) is 19.2 Å². The number of rotatable bonds is 7. The fourth-order valence-electron chi connectivity index (χ4n) is 2.57. The molecule has 0 unspecified atom stereocenters. The Morgan fingerprint density at radius 3 is 2.59 bits per heavy atom. The van der Waals surface area contributed by atoms with E-state index in [1.54, 1.807) is 13.1 Å². The van der Waals surface area contributed by atoms with Gasteiger partial charge in [-0.3, -0.25) is 4.79 Å². The van der Waals surface area contributed by atoms with Crippen molar-refractivity contribution in [2.24, 2.45) is 0 Å². The molecule has 0 fully saturated rings. The van der Waals surface area contributed by atoms with Gasteiger partial charge in [0.2, 0.25) is 11.7 Å². The van der Waals surface area contributed by atoms with Crippen LogP contribution in [0.5, 0.6) is 5.75 Å². The first-order valence-corrected chi connectivity index (χ1v) is 9.00. The molecule has 0 spiro atoms. The Bertz CT molecular complexity index is 898. The lowest BCUT2D eigenvalue weighted by atomic mass is 10.2. The van der Waals surface area contributed by atoms with E-state index in [1.807, 2.05) is 55.5 Å². The molecule has 0 N–H and O–H groups in total. The smallest absolute Gasteiger partial charge is 0.263 e. The van der Waals surface area contributed by atoms with E-state index in [1.165, 1.54) is 4.90 Å². The van der Waals surface area contributed by atoms with Crippen molar-refractivity contribution in [3.63, 3.8) is 0 Å². The van der Waals surface area contributed by atoms with Gasteiger partial charge in [0.1, 0.15) is 5.75 Å². The Morgan fingerprint density at radius 2 is 1.89 bits per heavy atom. The number of amides is 1. The van der Waals surface area contributed by atoms with E-state index in [2.05, 4.69) is 10.1 Å². The second kappa shape index (κ2) is 8.68. The summed E-state index contributed by atoms with van der Waals surface area (Å²) in [4.78, 5) is 18.6. The van der Waals surface area contributed by atoms with E-state index < -0.39 is 6.10 Å². The van der Waals surface area contributed by atoms with Gasteiger partial charge in [-0.05, 0) is 30.7 Å². The van der Waals surface area contributed by atoms with E-state index in [9.17, 15) is 4.79 Å². The molecule has 140 valence electrons. The average molecular weight is 386 g/mol. The standard InChI is InChI=1S/C20H20ClN3O3/c1-3-17(26-14-9-5-4-6-10-14)20(25)24(2)13-18-22-19(23-27-18)15-11-7-8-12-16(15)21/h4-12,17H,3,13H2,1-2H3/t17-/m0/s1. The Hall–Kier alpha value is -2.86. The molecule has 0 bridgehead atoms. The molecule has 0 saturated heterocycles. The van der Waals surface area contributed by atoms with Gasteiger partial charge in [0.05, 0.1) is 11.6 Å². The number of carbonyl (C=O) groups excluding carboxylic acids is 1. The lowest BCUT2D eigenvalue weighted by Crippen LogP contribution is -2.39. The zero-order chi connectivity index (χ0) is 19.2. The van der Waals surface area contributed by atoms with E-state index >= 15 is 0 Å². The molecular weight excluding hydrogens is 366 g/mol. The van der Waals surface area contributed by atoms with Gasteiger partial charge in [0.25, 0.3) is 5.91 Å². The van der Waals surface area contributed by atoms with Crippen molar-refractivity contribution >= 4 is 17.5 Å². The molecule has 0 aliphatic carbocycles. The highest BCUT2D eigenvalue weighted by atomic mass is 35.5. The highest BCUT2D eigenvalue weighted by molar-refractivity contribution is 6.33. The molecule has 2 aromatic carbocycles. The first-order valence-electron chi connectivity index (χ1n) is 8.62. The number of benzene rings is 2. The fourth-order valence-corrected chi connectivity index (χ4v) is 2.79. The Morgan fingerprint density at radius 1 is 1.19 bits per heavy atom. The number of hydrogen-bond donors (Lipinski definition) is 0. The molecule has 1 heterocycles. The van der Waals surface area contributed by atoms with Crippen LogP contribution in [-0.2, 0) is 11.3 Å². The number of aromatic nitrogens is 2. The number of ether oxygens (including phenoxy) is 1. The summed E-state index contributed by atoms with van der Waals surface area (Å²) < 4.78 is 11.1. The average Bonchev–Trinajstić information content (AvgIpc) is 3.15. The number of para-hydroxylation sites is 1. The zero-order valence-electron chi connectivity index (χ0n) is 15.1. The van der Waals surface area contributed by atoms with Crippen LogP contribution in [0, 0.1) is 0 Å². The summed E-state index contributed by atoms with van der Waals surface area (Å²) in [6.07, 6.45) is -0.0318. The summed E-state index contributed by atoms with van der Waals surface area (Å²) >= 11 is 6.16. The molecule has 0 aliphatic heterocycles. The van der Waals surface area contributed by atoms with Gasteiger partial charge >= 0.3 is 0 Å². The van der Waals surface area contributed by atoms with Gasteiger partial charge in [-0.25, -0.2) is 0 Å². The quantitative estimate of drug-likeness (QED) is 0.609. The minimum absolute atomic E-state index is 0.154. The van der Waals surface area contributed by atoms with E-state index in [-0.39, 0.29) is 12.5 Å². The van der Waals surface area contributed by atoms with Crippen LogP contribution in [0.2, 0.25) is 5.02 Å². The number of carbonyl (C=O) groups is 1. The minimum atomic E-state index is -0.580. The molecule has 7 heteroatoms. The maximum Gasteiger partial charge on any atom is 0.263 e. The predicted molar refractivity (Wildman–Crippen MR) is 102 cm³/mol. The lowest BCUT2D eigenvalue weighted by molar-refractivity contribution is -0.138. The summed E-state index contributed by atoms with van der Waals surface area (Å²) in [7, 11) is 1.68. The third kappa shape index (κ3) is 4.65. The van der Waals surface area contributed by atoms with Gasteiger partial charge in [-0.2, -0.15) is 4.98 Å². The van der Waals surface area contributed by atoms with E-state index in [0.717, 1.165) is 0 Å². The van der Waals surface area contributed by atoms with E-state index in [4.69, 9.17) is 20.9 Å². The molecular formula is C20H20ClN3O3. The summed E-state index contributed by atoms with van der Waals surface area (Å²) in [6, 6.07) is 16.5. The highest BCUT2D eigenvalue weighted by Gasteiger charge is 2.24. The fraction of sp³-hybridized carbons (Fsp3) is 0.250. The van der Waals surface area contributed by atoms with Crippen molar-refractivity contribution in [1.82, 2.24) is 15.0 Å². The van der Waals surface area contributed by atoms with Crippen LogP contribution in [0.15, 0.2) is 59.1 Å². The SMILES string of the molecule is CC[C@H](Oc1ccccc1)C(=O)N(C)Cc1nc(-c2ccccc2Cl)no1. The molecule has 0 aliphatic rings. The first kappa shape index (κ1) is 18.9. The van der Waals surface area contributed by atoms with Crippen LogP contribution < -0.4 is 4.74 Å². The zero-order valence-corrected chi connectivity index (χ0v) is 15.9. The van der Waals surface area contributed by atoms with Crippen molar-refractivity contribution in [3.8, 4) is 17.1 Å². The lowest BCUT2D eigenvalue weighted by Gasteiger charge is -2.22. The first-order chi connectivity index (χ1) is 13.1. The van der Waals surface area contributed by atoms with Gasteiger partial charge < -0.3 is 14.2 Å². The Balaban J connectivity index is 1.66. The summed E-state index contributed by atoms with van der Waals surface area (Å²) in [5.74, 6) is 1.23. The second-order valence-electron chi connectivity index (χ2n) is 6.01. The van der Waals surface area contributed by atoms with Crippen LogP contribution >= 0.6 is 11.6 Å². The molecule has 1 atom stereocenters. The van der Waals surface area contributed by atoms with Gasteiger partial charge in [0.15, 0.2) is 6.10 Å². The van der Waals surface area contributed by atoms with Crippen LogP contribution in [0.4, 0.5) is 0 Å². The molecule has 1 amide bonds. The third-order valence-corrected chi connectivity index (χ3v) is 4.33. The Kier molecular flexibility index (Phi) is 6.08. The topological polar surface area (TPSA) is 68.5 Å². The van der Waals surface area contributed by atoms with Crippen molar-refractivity contribution < 1.29 is 14.1 Å². The van der Waals surface area contributed by atoms with Crippen molar-refractivity contribution in [1.29, 1.82) is 0 Å². The summed E-state index contributed by atoms with van der Waals surface area (Å²) in [5, 5.41) is 4.49. The molecule has 27 heavy (non-hydrogen) atoms. The monoisotopic (exact) mass is 385 g/mol. The maximum absolute atomic E-state index is 12.7. The second-order valence-corrected chi connectivity index (χ2v) is 6.42. The maximum atomic E-state index is 12.7. The normalized spacial score (nSPS) is 11.8. The van der Waals surface area contributed by atoms with Gasteiger partial charge in [-0.1, -0.05) is 54.0 Å². The van der Waals surface area contributed by atoms with Crippen LogP contribution in [0.3, 0.4) is 0 Å². The van der Waals surface area contributed by atoms with Crippen molar-refractivity contribution in [3.05, 3.63) is 65.5 Å². The van der Waals surface area contributed by atoms with E-state index in [0.29, 0.717) is 34.5 Å². The van der Waals surface area contributed by atoms with Crippen molar-refractivity contribution in [2.45, 2.75) is 26.0 Å². The summed E-state index contributed by atoms with van der Waals surface area (Å²) in [5.41, 5.74) is 0.682. The van der Waals surface area contributed by atoms with Crippen molar-refractivity contribution in [2.75, 3.05) is 7.05 Å². The Labute approximate surface area is 162 Å². The van der Waals surface area contributed by atoms with Crippen LogP contribution in [0.25, 0.3) is 11.4 Å². The molecule has 0 radical (unpaired) electrons. The summed E-state index contributed by atoms with van der Waals surface area (Å²) in [6.45, 7) is 2.09.